The third-order valence-electron chi connectivity index (χ3n) is 2.73. The summed E-state index contributed by atoms with van der Waals surface area (Å²) in [5.41, 5.74) is 1.44. The lowest BCUT2D eigenvalue weighted by Gasteiger charge is -2.18. The monoisotopic (exact) mass is 275 g/mol. The molecule has 0 aliphatic rings. The van der Waals surface area contributed by atoms with Crippen LogP contribution in [0.1, 0.15) is 18.9 Å². The number of para-hydroxylation sites is 1. The maximum atomic E-state index is 12.5. The molecule has 0 radical (unpaired) electrons. The number of carboxylic acids is 1. The maximum Gasteiger partial charge on any atom is 0.403 e. The average Bonchev–Trinajstić information content (AvgIpc) is 2.29. The van der Waals surface area contributed by atoms with Gasteiger partial charge in [-0.2, -0.15) is 13.2 Å². The highest BCUT2D eigenvalue weighted by Crippen LogP contribution is 2.27. The summed E-state index contributed by atoms with van der Waals surface area (Å²) in [6, 6.07) is 6.97. The highest BCUT2D eigenvalue weighted by atomic mass is 19.4. The van der Waals surface area contributed by atoms with Gasteiger partial charge in [0.05, 0.1) is 0 Å². The number of benzene rings is 1. The number of anilines is 1. The number of carbonyl (C=O) groups is 1. The van der Waals surface area contributed by atoms with Crippen LogP contribution in [-0.4, -0.2) is 23.8 Å². The molecule has 1 rings (SSSR count). The highest BCUT2D eigenvalue weighted by Gasteiger charge is 2.44. The van der Waals surface area contributed by atoms with E-state index in [1.807, 2.05) is 13.0 Å². The molecule has 1 aromatic carbocycles. The Balaban J connectivity index is 2.77. The van der Waals surface area contributed by atoms with E-state index in [-0.39, 0.29) is 0 Å². The van der Waals surface area contributed by atoms with Gasteiger partial charge in [0.1, 0.15) is 0 Å². The molecule has 106 valence electrons. The third-order valence-corrected chi connectivity index (χ3v) is 2.73. The summed E-state index contributed by atoms with van der Waals surface area (Å²) in [6.45, 7) is 1.30. The molecule has 19 heavy (non-hydrogen) atoms. The predicted octanol–water partition coefficient (Wildman–Crippen LogP) is 3.31. The van der Waals surface area contributed by atoms with Gasteiger partial charge in [0.2, 0.25) is 0 Å². The van der Waals surface area contributed by atoms with Crippen LogP contribution in [0, 0.1) is 5.92 Å². The molecular weight excluding hydrogens is 259 g/mol. The van der Waals surface area contributed by atoms with Gasteiger partial charge in [0.25, 0.3) is 0 Å². The zero-order valence-electron chi connectivity index (χ0n) is 10.5. The molecule has 1 aromatic rings. The van der Waals surface area contributed by atoms with Crippen molar-refractivity contribution in [3.63, 3.8) is 0 Å². The first kappa shape index (κ1) is 15.3. The Morgan fingerprint density at radius 2 is 2.00 bits per heavy atom. The molecule has 0 bridgehead atoms. The third kappa shape index (κ3) is 4.46. The average molecular weight is 275 g/mol. The molecular formula is C13H16F3NO2. The van der Waals surface area contributed by atoms with E-state index in [0.717, 1.165) is 18.4 Å². The van der Waals surface area contributed by atoms with Gasteiger partial charge in [-0.05, 0) is 18.1 Å². The molecule has 0 heterocycles. The standard InChI is InChI=1S/C13H16F3NO2/c1-2-5-9-6-3-4-7-11(9)17-8-10(12(18)19)13(14,15)16/h3-4,6-7,10,17H,2,5,8H2,1H3,(H,18,19). The Hall–Kier alpha value is -1.72. The van der Waals surface area contributed by atoms with E-state index in [0.29, 0.717) is 5.69 Å². The second-order valence-corrected chi connectivity index (χ2v) is 4.22. The number of aryl methyl sites for hydroxylation is 1. The first-order valence-electron chi connectivity index (χ1n) is 5.97. The normalized spacial score (nSPS) is 13.1. The number of rotatable bonds is 6. The summed E-state index contributed by atoms with van der Waals surface area (Å²) in [5.74, 6) is -4.27. The zero-order valence-corrected chi connectivity index (χ0v) is 10.5. The molecule has 0 fully saturated rings. The van der Waals surface area contributed by atoms with Crippen LogP contribution < -0.4 is 5.32 Å². The Bertz CT molecular complexity index is 432. The van der Waals surface area contributed by atoms with Crippen molar-refractivity contribution in [2.24, 2.45) is 5.92 Å². The lowest BCUT2D eigenvalue weighted by molar-refractivity contribution is -0.190. The quantitative estimate of drug-likeness (QED) is 0.837. The van der Waals surface area contributed by atoms with E-state index in [2.05, 4.69) is 5.32 Å². The second-order valence-electron chi connectivity index (χ2n) is 4.22. The van der Waals surface area contributed by atoms with Crippen LogP contribution in [0.25, 0.3) is 0 Å². The molecule has 0 spiro atoms. The van der Waals surface area contributed by atoms with Gasteiger partial charge in [0.15, 0.2) is 5.92 Å². The van der Waals surface area contributed by atoms with Crippen molar-refractivity contribution >= 4 is 11.7 Å². The Morgan fingerprint density at radius 3 is 2.53 bits per heavy atom. The van der Waals surface area contributed by atoms with Crippen LogP contribution in [0.2, 0.25) is 0 Å². The molecule has 0 saturated heterocycles. The van der Waals surface area contributed by atoms with Crippen molar-refractivity contribution in [1.82, 2.24) is 0 Å². The molecule has 0 aliphatic heterocycles. The molecule has 3 nitrogen and oxygen atoms in total. The van der Waals surface area contributed by atoms with E-state index in [1.54, 1.807) is 18.2 Å². The lowest BCUT2D eigenvalue weighted by Crippen LogP contribution is -2.36. The minimum atomic E-state index is -4.75. The molecule has 0 aliphatic carbocycles. The van der Waals surface area contributed by atoms with E-state index in [9.17, 15) is 18.0 Å². The summed E-state index contributed by atoms with van der Waals surface area (Å²) in [6.07, 6.45) is -3.16. The summed E-state index contributed by atoms with van der Waals surface area (Å²) < 4.78 is 37.5. The van der Waals surface area contributed by atoms with Crippen molar-refractivity contribution < 1.29 is 23.1 Å². The first-order valence-corrected chi connectivity index (χ1v) is 5.97. The van der Waals surface area contributed by atoms with Crippen LogP contribution in [0.3, 0.4) is 0 Å². The molecule has 0 saturated carbocycles. The van der Waals surface area contributed by atoms with Crippen molar-refractivity contribution in [1.29, 1.82) is 0 Å². The topological polar surface area (TPSA) is 49.3 Å². The van der Waals surface area contributed by atoms with Crippen LogP contribution in [0.4, 0.5) is 18.9 Å². The number of carboxylic acid groups (broad SMARTS) is 1. The van der Waals surface area contributed by atoms with E-state index < -0.39 is 24.6 Å². The van der Waals surface area contributed by atoms with Gasteiger partial charge in [-0.15, -0.1) is 0 Å². The number of hydrogen-bond acceptors (Lipinski definition) is 2. The Morgan fingerprint density at radius 1 is 1.37 bits per heavy atom. The highest BCUT2D eigenvalue weighted by molar-refractivity contribution is 5.72. The van der Waals surface area contributed by atoms with Crippen molar-refractivity contribution in [2.75, 3.05) is 11.9 Å². The van der Waals surface area contributed by atoms with Gasteiger partial charge < -0.3 is 10.4 Å². The van der Waals surface area contributed by atoms with Crippen LogP contribution >= 0.6 is 0 Å². The van der Waals surface area contributed by atoms with E-state index in [1.165, 1.54) is 0 Å². The Labute approximate surface area is 109 Å². The largest absolute Gasteiger partial charge is 0.481 e. The minimum absolute atomic E-state index is 0.555. The SMILES string of the molecule is CCCc1ccccc1NCC(C(=O)O)C(F)(F)F. The summed E-state index contributed by atoms with van der Waals surface area (Å²) >= 11 is 0. The van der Waals surface area contributed by atoms with E-state index in [4.69, 9.17) is 5.11 Å². The second kappa shape index (κ2) is 6.45. The number of hydrogen-bond donors (Lipinski definition) is 2. The van der Waals surface area contributed by atoms with Crippen molar-refractivity contribution in [2.45, 2.75) is 25.9 Å². The predicted molar refractivity (Wildman–Crippen MR) is 66.1 cm³/mol. The van der Waals surface area contributed by atoms with Crippen LogP contribution in [0.5, 0.6) is 0 Å². The van der Waals surface area contributed by atoms with Gasteiger partial charge in [0, 0.05) is 12.2 Å². The molecule has 1 atom stereocenters. The van der Waals surface area contributed by atoms with Crippen molar-refractivity contribution in [3.05, 3.63) is 29.8 Å². The summed E-state index contributed by atoms with van der Waals surface area (Å²) in [5, 5.41) is 11.2. The van der Waals surface area contributed by atoms with Gasteiger partial charge in [-0.3, -0.25) is 4.79 Å². The fourth-order valence-electron chi connectivity index (χ4n) is 1.74. The summed E-state index contributed by atoms with van der Waals surface area (Å²) in [4.78, 5) is 10.6. The molecule has 1 unspecified atom stereocenters. The van der Waals surface area contributed by atoms with Crippen LogP contribution in [-0.2, 0) is 11.2 Å². The van der Waals surface area contributed by atoms with Crippen molar-refractivity contribution in [3.8, 4) is 0 Å². The Kier molecular flexibility index (Phi) is 5.20. The fourth-order valence-corrected chi connectivity index (χ4v) is 1.74. The van der Waals surface area contributed by atoms with Gasteiger partial charge in [-0.1, -0.05) is 31.5 Å². The molecule has 0 amide bonds. The molecule has 6 heteroatoms. The minimum Gasteiger partial charge on any atom is -0.481 e. The van der Waals surface area contributed by atoms with Gasteiger partial charge in [-0.25, -0.2) is 0 Å². The number of halogens is 3. The maximum absolute atomic E-state index is 12.5. The summed E-state index contributed by atoms with van der Waals surface area (Å²) in [7, 11) is 0. The van der Waals surface area contributed by atoms with E-state index >= 15 is 0 Å². The first-order chi connectivity index (χ1) is 8.86. The number of nitrogens with one attached hydrogen (secondary N) is 1. The fraction of sp³-hybridized carbons (Fsp3) is 0.462. The molecule has 2 N–H and O–H groups in total. The van der Waals surface area contributed by atoms with Crippen LogP contribution in [0.15, 0.2) is 24.3 Å². The lowest BCUT2D eigenvalue weighted by atomic mass is 10.1. The number of alkyl halides is 3. The van der Waals surface area contributed by atoms with Gasteiger partial charge >= 0.3 is 12.1 Å². The molecule has 0 aromatic heterocycles. The zero-order chi connectivity index (χ0) is 14.5. The smallest absolute Gasteiger partial charge is 0.403 e. The number of aliphatic carboxylic acids is 1.